The predicted octanol–water partition coefficient (Wildman–Crippen LogP) is 2.13. The van der Waals surface area contributed by atoms with Crippen molar-refractivity contribution in [2.45, 2.75) is 38.8 Å². The van der Waals surface area contributed by atoms with Crippen molar-refractivity contribution < 1.29 is 4.74 Å². The summed E-state index contributed by atoms with van der Waals surface area (Å²) in [5, 5.41) is 3.49. The lowest BCUT2D eigenvalue weighted by Crippen LogP contribution is -2.27. The lowest BCUT2D eigenvalue weighted by Gasteiger charge is -2.22. The van der Waals surface area contributed by atoms with Crippen LogP contribution in [0.5, 0.6) is 0 Å². The second kappa shape index (κ2) is 7.25. The van der Waals surface area contributed by atoms with Gasteiger partial charge in [-0.2, -0.15) is 0 Å². The van der Waals surface area contributed by atoms with Gasteiger partial charge in [-0.15, -0.1) is 0 Å². The zero-order valence-corrected chi connectivity index (χ0v) is 10.9. The van der Waals surface area contributed by atoms with Gasteiger partial charge in [-0.1, -0.05) is 13.0 Å². The molecule has 0 saturated carbocycles. The van der Waals surface area contributed by atoms with Crippen molar-refractivity contribution in [3.8, 4) is 0 Å². The Bertz CT molecular complexity index is 330. The summed E-state index contributed by atoms with van der Waals surface area (Å²) in [6.45, 7) is 5.18. The van der Waals surface area contributed by atoms with Crippen molar-refractivity contribution >= 4 is 5.82 Å². The van der Waals surface area contributed by atoms with Crippen LogP contribution in [0.3, 0.4) is 0 Å². The van der Waals surface area contributed by atoms with Crippen LogP contribution in [0.1, 0.15) is 38.3 Å². The number of nitrogens with zero attached hydrogens (tertiary/aromatic N) is 1. The number of nitrogen functional groups attached to an aromatic ring is 1. The van der Waals surface area contributed by atoms with Gasteiger partial charge in [0, 0.05) is 24.9 Å². The maximum absolute atomic E-state index is 5.92. The minimum Gasteiger partial charge on any atom is -0.383 e. The molecular weight excluding hydrogens is 214 g/mol. The van der Waals surface area contributed by atoms with E-state index in [1.54, 1.807) is 13.3 Å². The van der Waals surface area contributed by atoms with E-state index in [1.165, 1.54) is 0 Å². The summed E-state index contributed by atoms with van der Waals surface area (Å²) >= 11 is 0. The van der Waals surface area contributed by atoms with E-state index < -0.39 is 0 Å². The van der Waals surface area contributed by atoms with Crippen molar-refractivity contribution in [3.05, 3.63) is 23.9 Å². The van der Waals surface area contributed by atoms with E-state index in [0.717, 1.165) is 24.9 Å². The molecule has 96 valence electrons. The highest BCUT2D eigenvalue weighted by atomic mass is 16.5. The number of anilines is 1. The number of nitrogens with one attached hydrogen (secondary N) is 1. The summed E-state index contributed by atoms with van der Waals surface area (Å²) in [4.78, 5) is 4.14. The molecule has 4 nitrogen and oxygen atoms in total. The molecule has 3 N–H and O–H groups in total. The molecule has 1 rings (SSSR count). The molecule has 1 heterocycles. The summed E-state index contributed by atoms with van der Waals surface area (Å²) < 4.78 is 5.32. The molecule has 17 heavy (non-hydrogen) atoms. The molecule has 0 radical (unpaired) electrons. The van der Waals surface area contributed by atoms with Gasteiger partial charge in [0.2, 0.25) is 0 Å². The van der Waals surface area contributed by atoms with Crippen LogP contribution in [-0.2, 0) is 4.74 Å². The molecule has 1 aromatic rings. The molecule has 1 aromatic heterocycles. The van der Waals surface area contributed by atoms with Crippen LogP contribution < -0.4 is 11.1 Å². The average Bonchev–Trinajstić information content (AvgIpc) is 2.35. The van der Waals surface area contributed by atoms with Gasteiger partial charge in [0.1, 0.15) is 5.82 Å². The highest BCUT2D eigenvalue weighted by molar-refractivity contribution is 5.40. The Morgan fingerprint density at radius 1 is 1.53 bits per heavy atom. The molecule has 0 aromatic carbocycles. The summed E-state index contributed by atoms with van der Waals surface area (Å²) in [6.07, 6.45) is 3.91. The molecule has 0 aliphatic rings. The smallest absolute Gasteiger partial charge is 0.128 e. The lowest BCUT2D eigenvalue weighted by molar-refractivity contribution is 0.100. The number of aromatic nitrogens is 1. The molecular formula is C13H23N3O. The number of hydrogen-bond donors (Lipinski definition) is 2. The first kappa shape index (κ1) is 13.9. The summed E-state index contributed by atoms with van der Waals surface area (Å²) in [6, 6.07) is 4.15. The van der Waals surface area contributed by atoms with Crippen molar-refractivity contribution in [1.29, 1.82) is 0 Å². The first-order valence-corrected chi connectivity index (χ1v) is 6.15. The Hall–Kier alpha value is -1.13. The van der Waals surface area contributed by atoms with Crippen LogP contribution >= 0.6 is 0 Å². The predicted molar refractivity (Wildman–Crippen MR) is 70.8 cm³/mol. The van der Waals surface area contributed by atoms with Gasteiger partial charge in [0.25, 0.3) is 0 Å². The van der Waals surface area contributed by atoms with Gasteiger partial charge in [0.05, 0.1) is 6.10 Å². The molecule has 2 atom stereocenters. The van der Waals surface area contributed by atoms with Crippen molar-refractivity contribution in [3.63, 3.8) is 0 Å². The SMILES string of the molecule is CCCNC(CC(C)OC)c1cccnc1N. The van der Waals surface area contributed by atoms with Gasteiger partial charge in [0.15, 0.2) is 0 Å². The number of hydrogen-bond acceptors (Lipinski definition) is 4. The molecule has 0 amide bonds. The monoisotopic (exact) mass is 237 g/mol. The van der Waals surface area contributed by atoms with E-state index >= 15 is 0 Å². The fraction of sp³-hybridized carbons (Fsp3) is 0.615. The second-order valence-corrected chi connectivity index (χ2v) is 4.27. The Balaban J connectivity index is 2.78. The van der Waals surface area contributed by atoms with Crippen molar-refractivity contribution in [1.82, 2.24) is 10.3 Å². The van der Waals surface area contributed by atoms with Crippen LogP contribution in [0.2, 0.25) is 0 Å². The lowest BCUT2D eigenvalue weighted by atomic mass is 10.0. The fourth-order valence-electron chi connectivity index (χ4n) is 1.79. The molecule has 0 fully saturated rings. The first-order chi connectivity index (χ1) is 8.19. The maximum atomic E-state index is 5.92. The van der Waals surface area contributed by atoms with Gasteiger partial charge in [-0.25, -0.2) is 4.98 Å². The maximum Gasteiger partial charge on any atom is 0.128 e. The second-order valence-electron chi connectivity index (χ2n) is 4.27. The van der Waals surface area contributed by atoms with E-state index in [9.17, 15) is 0 Å². The highest BCUT2D eigenvalue weighted by Crippen LogP contribution is 2.23. The zero-order valence-electron chi connectivity index (χ0n) is 10.9. The van der Waals surface area contributed by atoms with Crippen molar-refractivity contribution in [2.24, 2.45) is 0 Å². The van der Waals surface area contributed by atoms with Gasteiger partial charge >= 0.3 is 0 Å². The van der Waals surface area contributed by atoms with Gasteiger partial charge < -0.3 is 15.8 Å². The van der Waals surface area contributed by atoms with Gasteiger partial charge in [-0.3, -0.25) is 0 Å². The molecule has 0 aliphatic carbocycles. The summed E-state index contributed by atoms with van der Waals surface area (Å²) in [5.74, 6) is 0.601. The molecule has 2 unspecified atom stereocenters. The molecule has 0 saturated heterocycles. The van der Waals surface area contributed by atoms with E-state index in [2.05, 4.69) is 24.1 Å². The third-order valence-corrected chi connectivity index (χ3v) is 2.86. The standard InChI is InChI=1S/C13H23N3O/c1-4-7-15-12(9-10(2)17-3)11-6-5-8-16-13(11)14/h5-6,8,10,12,15H,4,7,9H2,1-3H3,(H2,14,16). The van der Waals surface area contributed by atoms with E-state index in [-0.39, 0.29) is 12.1 Å². The average molecular weight is 237 g/mol. The number of rotatable bonds is 7. The Morgan fingerprint density at radius 3 is 2.88 bits per heavy atom. The van der Waals surface area contributed by atoms with Crippen molar-refractivity contribution in [2.75, 3.05) is 19.4 Å². The fourth-order valence-corrected chi connectivity index (χ4v) is 1.79. The quantitative estimate of drug-likeness (QED) is 0.762. The van der Waals surface area contributed by atoms with Crippen LogP contribution in [0.25, 0.3) is 0 Å². The van der Waals surface area contributed by atoms with Gasteiger partial charge in [-0.05, 0) is 32.4 Å². The normalized spacial score (nSPS) is 14.5. The molecule has 0 bridgehead atoms. The molecule has 4 heteroatoms. The Labute approximate surface area is 104 Å². The number of pyridine rings is 1. The highest BCUT2D eigenvalue weighted by Gasteiger charge is 2.16. The van der Waals surface area contributed by atoms with Crippen LogP contribution in [0, 0.1) is 0 Å². The van der Waals surface area contributed by atoms with Crippen LogP contribution in [0.15, 0.2) is 18.3 Å². The van der Waals surface area contributed by atoms with E-state index in [4.69, 9.17) is 10.5 Å². The van der Waals surface area contributed by atoms with E-state index in [1.807, 2.05) is 12.1 Å². The minimum atomic E-state index is 0.198. The molecule has 0 aliphatic heterocycles. The van der Waals surface area contributed by atoms with Crippen LogP contribution in [0.4, 0.5) is 5.82 Å². The summed E-state index contributed by atoms with van der Waals surface area (Å²) in [5.41, 5.74) is 6.98. The number of ether oxygens (including phenoxy) is 1. The zero-order chi connectivity index (χ0) is 12.7. The molecule has 0 spiro atoms. The van der Waals surface area contributed by atoms with E-state index in [0.29, 0.717) is 5.82 Å². The minimum absolute atomic E-state index is 0.198. The Morgan fingerprint density at radius 2 is 2.29 bits per heavy atom. The third-order valence-electron chi connectivity index (χ3n) is 2.86. The topological polar surface area (TPSA) is 60.2 Å². The Kier molecular flexibility index (Phi) is 5.94. The van der Waals surface area contributed by atoms with Crippen LogP contribution in [-0.4, -0.2) is 24.7 Å². The largest absolute Gasteiger partial charge is 0.383 e. The number of methoxy groups -OCH3 is 1. The third kappa shape index (κ3) is 4.32. The number of nitrogens with two attached hydrogens (primary N) is 1. The summed E-state index contributed by atoms with van der Waals surface area (Å²) in [7, 11) is 1.73. The first-order valence-electron chi connectivity index (χ1n) is 6.15.